The second-order valence-corrected chi connectivity index (χ2v) is 8.79. The minimum Gasteiger partial charge on any atom is -0.497 e. The Kier molecular flexibility index (Phi) is 7.35. The highest BCUT2D eigenvalue weighted by atomic mass is 16.5. The van der Waals surface area contributed by atoms with Crippen LogP contribution < -0.4 is 10.1 Å². The van der Waals surface area contributed by atoms with Crippen LogP contribution in [0.3, 0.4) is 0 Å². The molecule has 0 saturated heterocycles. The SMILES string of the molecule is COc1ccc(/C=C(/C(=O)NCc2cn(Cc3ccccc3)nn2)n2cc(-c3ccc(C)cc3)nn2)cc1. The van der Waals surface area contributed by atoms with Crippen LogP contribution in [0.2, 0.25) is 0 Å². The predicted molar refractivity (Wildman–Crippen MR) is 145 cm³/mol. The minimum absolute atomic E-state index is 0.215. The summed E-state index contributed by atoms with van der Waals surface area (Å²) in [6.07, 6.45) is 5.33. The number of nitrogens with one attached hydrogen (secondary N) is 1. The van der Waals surface area contributed by atoms with E-state index in [9.17, 15) is 4.79 Å². The number of rotatable bonds is 9. The first kappa shape index (κ1) is 24.6. The van der Waals surface area contributed by atoms with Gasteiger partial charge in [-0.05, 0) is 36.3 Å². The van der Waals surface area contributed by atoms with E-state index in [1.165, 1.54) is 4.68 Å². The maximum Gasteiger partial charge on any atom is 0.270 e. The molecule has 0 bridgehead atoms. The standard InChI is InChI=1S/C29H27N7O2/c1-21-8-12-24(13-9-21)27-20-36(34-32-27)28(16-22-10-14-26(38-2)15-11-22)29(37)30-17-25-19-35(33-31-25)18-23-6-4-3-5-7-23/h3-16,19-20H,17-18H2,1-2H3,(H,30,37)/b28-16-. The Morgan fingerprint density at radius 2 is 1.68 bits per heavy atom. The Morgan fingerprint density at radius 3 is 2.42 bits per heavy atom. The van der Waals surface area contributed by atoms with E-state index < -0.39 is 0 Å². The van der Waals surface area contributed by atoms with Crippen LogP contribution in [0.1, 0.15) is 22.4 Å². The van der Waals surface area contributed by atoms with E-state index in [-0.39, 0.29) is 12.5 Å². The molecular weight excluding hydrogens is 478 g/mol. The second kappa shape index (κ2) is 11.3. The molecule has 1 N–H and O–H groups in total. The van der Waals surface area contributed by atoms with E-state index in [2.05, 4.69) is 25.9 Å². The summed E-state index contributed by atoms with van der Waals surface area (Å²) >= 11 is 0. The fourth-order valence-corrected chi connectivity index (χ4v) is 3.86. The molecule has 0 atom stereocenters. The van der Waals surface area contributed by atoms with Crippen LogP contribution in [0.5, 0.6) is 5.75 Å². The highest BCUT2D eigenvalue weighted by Gasteiger charge is 2.16. The largest absolute Gasteiger partial charge is 0.497 e. The number of hydrogen-bond acceptors (Lipinski definition) is 6. The summed E-state index contributed by atoms with van der Waals surface area (Å²) in [5.74, 6) is 0.410. The van der Waals surface area contributed by atoms with Gasteiger partial charge in [0.2, 0.25) is 0 Å². The third-order valence-corrected chi connectivity index (χ3v) is 5.94. The van der Waals surface area contributed by atoms with Gasteiger partial charge in [0.15, 0.2) is 0 Å². The van der Waals surface area contributed by atoms with Crippen LogP contribution in [0.15, 0.2) is 91.3 Å². The fraction of sp³-hybridized carbons (Fsp3) is 0.138. The molecule has 0 saturated carbocycles. The Morgan fingerprint density at radius 1 is 0.921 bits per heavy atom. The molecular formula is C29H27N7O2. The molecule has 9 heteroatoms. The summed E-state index contributed by atoms with van der Waals surface area (Å²) in [4.78, 5) is 13.4. The number of ether oxygens (including phenoxy) is 1. The highest BCUT2D eigenvalue weighted by molar-refractivity contribution is 6.18. The van der Waals surface area contributed by atoms with E-state index >= 15 is 0 Å². The van der Waals surface area contributed by atoms with Gasteiger partial charge in [0.25, 0.3) is 5.91 Å². The molecule has 0 aliphatic rings. The molecule has 5 aromatic rings. The van der Waals surface area contributed by atoms with E-state index in [0.29, 0.717) is 23.6 Å². The molecule has 0 aliphatic carbocycles. The average Bonchev–Trinajstić information content (AvgIpc) is 3.62. The van der Waals surface area contributed by atoms with Crippen LogP contribution in [-0.2, 0) is 17.9 Å². The average molecular weight is 506 g/mol. The lowest BCUT2D eigenvalue weighted by molar-refractivity contribution is -0.116. The summed E-state index contributed by atoms with van der Waals surface area (Å²) in [6.45, 7) is 2.85. The van der Waals surface area contributed by atoms with Gasteiger partial charge in [-0.1, -0.05) is 82.7 Å². The molecule has 9 nitrogen and oxygen atoms in total. The van der Waals surface area contributed by atoms with Gasteiger partial charge in [0.1, 0.15) is 22.8 Å². The van der Waals surface area contributed by atoms with Crippen LogP contribution in [0.25, 0.3) is 23.0 Å². The van der Waals surface area contributed by atoms with Gasteiger partial charge in [-0.25, -0.2) is 9.36 Å². The molecule has 1 amide bonds. The number of amides is 1. The molecule has 38 heavy (non-hydrogen) atoms. The number of carbonyl (C=O) groups is 1. The molecule has 5 rings (SSSR count). The Balaban J connectivity index is 1.36. The van der Waals surface area contributed by atoms with Crippen molar-refractivity contribution in [3.8, 4) is 17.0 Å². The van der Waals surface area contributed by atoms with E-state index in [0.717, 1.165) is 28.0 Å². The highest BCUT2D eigenvalue weighted by Crippen LogP contribution is 2.20. The van der Waals surface area contributed by atoms with Crippen molar-refractivity contribution >= 4 is 17.7 Å². The zero-order chi connectivity index (χ0) is 26.3. The van der Waals surface area contributed by atoms with Crippen molar-refractivity contribution in [2.45, 2.75) is 20.0 Å². The van der Waals surface area contributed by atoms with Crippen molar-refractivity contribution in [3.05, 3.63) is 114 Å². The van der Waals surface area contributed by atoms with Crippen molar-refractivity contribution in [1.82, 2.24) is 35.3 Å². The van der Waals surface area contributed by atoms with Gasteiger partial charge in [0, 0.05) is 5.56 Å². The summed E-state index contributed by atoms with van der Waals surface area (Å²) in [7, 11) is 1.61. The molecule has 3 aromatic carbocycles. The first-order valence-corrected chi connectivity index (χ1v) is 12.1. The normalized spacial score (nSPS) is 11.4. The van der Waals surface area contributed by atoms with Crippen LogP contribution in [-0.4, -0.2) is 43.0 Å². The minimum atomic E-state index is -0.321. The van der Waals surface area contributed by atoms with Gasteiger partial charge in [-0.2, -0.15) is 0 Å². The van der Waals surface area contributed by atoms with Crippen LogP contribution in [0, 0.1) is 6.92 Å². The lowest BCUT2D eigenvalue weighted by Crippen LogP contribution is -2.26. The van der Waals surface area contributed by atoms with Crippen LogP contribution in [0.4, 0.5) is 0 Å². The summed E-state index contributed by atoms with van der Waals surface area (Å²) in [5, 5.41) is 19.9. The number of benzene rings is 3. The summed E-state index contributed by atoms with van der Waals surface area (Å²) < 4.78 is 8.48. The lowest BCUT2D eigenvalue weighted by atomic mass is 10.1. The summed E-state index contributed by atoms with van der Waals surface area (Å²) in [5.41, 5.74) is 5.64. The van der Waals surface area contributed by atoms with Gasteiger partial charge in [-0.15, -0.1) is 10.2 Å². The van der Waals surface area contributed by atoms with E-state index in [1.54, 1.807) is 24.1 Å². The number of methoxy groups -OCH3 is 1. The lowest BCUT2D eigenvalue weighted by Gasteiger charge is -2.08. The number of aryl methyl sites for hydroxylation is 1. The third kappa shape index (κ3) is 6.01. The molecule has 0 aliphatic heterocycles. The molecule has 0 radical (unpaired) electrons. The molecule has 2 heterocycles. The van der Waals surface area contributed by atoms with E-state index in [1.807, 2.05) is 92.0 Å². The first-order valence-electron chi connectivity index (χ1n) is 12.1. The maximum atomic E-state index is 13.4. The monoisotopic (exact) mass is 505 g/mol. The third-order valence-electron chi connectivity index (χ3n) is 5.94. The number of carbonyl (C=O) groups excluding carboxylic acids is 1. The smallest absolute Gasteiger partial charge is 0.270 e. The molecule has 0 spiro atoms. The maximum absolute atomic E-state index is 13.4. The Hall–Kier alpha value is -5.05. The summed E-state index contributed by atoms with van der Waals surface area (Å²) in [6, 6.07) is 25.4. The van der Waals surface area contributed by atoms with Crippen molar-refractivity contribution in [1.29, 1.82) is 0 Å². The van der Waals surface area contributed by atoms with Gasteiger partial charge >= 0.3 is 0 Å². The van der Waals surface area contributed by atoms with Crippen molar-refractivity contribution in [2.24, 2.45) is 0 Å². The topological polar surface area (TPSA) is 99.8 Å². The van der Waals surface area contributed by atoms with E-state index in [4.69, 9.17) is 4.74 Å². The molecule has 0 fully saturated rings. The zero-order valence-electron chi connectivity index (χ0n) is 21.2. The predicted octanol–water partition coefficient (Wildman–Crippen LogP) is 4.22. The Bertz CT molecular complexity index is 1540. The quantitative estimate of drug-likeness (QED) is 0.301. The zero-order valence-corrected chi connectivity index (χ0v) is 21.2. The second-order valence-electron chi connectivity index (χ2n) is 8.79. The van der Waals surface area contributed by atoms with Crippen LogP contribution >= 0.6 is 0 Å². The number of hydrogen-bond donors (Lipinski definition) is 1. The van der Waals surface area contributed by atoms with Crippen molar-refractivity contribution in [2.75, 3.05) is 7.11 Å². The molecule has 190 valence electrons. The van der Waals surface area contributed by atoms with Gasteiger partial charge in [0.05, 0.1) is 32.6 Å². The number of aromatic nitrogens is 6. The van der Waals surface area contributed by atoms with Gasteiger partial charge in [-0.3, -0.25) is 4.79 Å². The van der Waals surface area contributed by atoms with Gasteiger partial charge < -0.3 is 10.1 Å². The fourth-order valence-electron chi connectivity index (χ4n) is 3.86. The van der Waals surface area contributed by atoms with Crippen molar-refractivity contribution in [3.63, 3.8) is 0 Å². The Labute approximate surface area is 220 Å². The number of nitrogens with zero attached hydrogens (tertiary/aromatic N) is 6. The van der Waals surface area contributed by atoms with Crippen molar-refractivity contribution < 1.29 is 9.53 Å². The molecule has 0 unspecified atom stereocenters. The molecule has 2 aromatic heterocycles. The first-order chi connectivity index (χ1) is 18.6.